The van der Waals surface area contributed by atoms with Gasteiger partial charge in [0.1, 0.15) is 18.1 Å². The fourth-order valence-electron chi connectivity index (χ4n) is 2.10. The van der Waals surface area contributed by atoms with Gasteiger partial charge in [0.05, 0.1) is 12.6 Å². The van der Waals surface area contributed by atoms with Crippen molar-refractivity contribution < 1.29 is 14.3 Å². The number of halogens is 1. The smallest absolute Gasteiger partial charge is 0.319 e. The summed E-state index contributed by atoms with van der Waals surface area (Å²) in [6, 6.07) is 12.4. The summed E-state index contributed by atoms with van der Waals surface area (Å²) < 4.78 is 11.1. The topological polar surface area (TPSA) is 59.6 Å². The summed E-state index contributed by atoms with van der Waals surface area (Å²) in [4.78, 5) is 11.9. The molecule has 0 saturated heterocycles. The molecule has 0 atom stereocenters. The first kappa shape index (κ1) is 18.9. The third-order valence-electron chi connectivity index (χ3n) is 3.27. The number of benzene rings is 2. The second-order valence-electron chi connectivity index (χ2n) is 5.83. The third kappa shape index (κ3) is 6.55. The minimum atomic E-state index is -0.284. The number of hydrogen-bond donors (Lipinski definition) is 2. The summed E-state index contributed by atoms with van der Waals surface area (Å²) in [5.41, 5.74) is 1.65. The van der Waals surface area contributed by atoms with Gasteiger partial charge in [-0.15, -0.1) is 0 Å². The number of nitrogens with one attached hydrogen (secondary N) is 2. The second-order valence-corrected chi connectivity index (χ2v) is 6.24. The monoisotopic (exact) mass is 362 g/mol. The molecule has 2 aromatic carbocycles. The van der Waals surface area contributed by atoms with Crippen molar-refractivity contribution in [2.75, 3.05) is 18.5 Å². The molecule has 0 radical (unpaired) electrons. The van der Waals surface area contributed by atoms with E-state index < -0.39 is 0 Å². The first-order chi connectivity index (χ1) is 11.9. The van der Waals surface area contributed by atoms with E-state index in [1.807, 2.05) is 39.0 Å². The van der Waals surface area contributed by atoms with Crippen molar-refractivity contribution in [3.63, 3.8) is 0 Å². The predicted molar refractivity (Wildman–Crippen MR) is 101 cm³/mol. The van der Waals surface area contributed by atoms with Crippen LogP contribution in [0.3, 0.4) is 0 Å². The number of carbonyl (C=O) groups is 1. The molecule has 0 aliphatic carbocycles. The van der Waals surface area contributed by atoms with Crippen molar-refractivity contribution in [1.82, 2.24) is 5.32 Å². The number of aryl methyl sites for hydroxylation is 1. The molecule has 134 valence electrons. The van der Waals surface area contributed by atoms with Gasteiger partial charge in [-0.1, -0.05) is 11.6 Å². The van der Waals surface area contributed by atoms with Crippen LogP contribution in [-0.2, 0) is 0 Å². The highest BCUT2D eigenvalue weighted by Crippen LogP contribution is 2.21. The zero-order valence-corrected chi connectivity index (χ0v) is 15.4. The summed E-state index contributed by atoms with van der Waals surface area (Å²) >= 11 is 5.97. The molecule has 0 spiro atoms. The van der Waals surface area contributed by atoms with Crippen LogP contribution >= 0.6 is 11.6 Å². The lowest BCUT2D eigenvalue weighted by Gasteiger charge is -2.11. The zero-order chi connectivity index (χ0) is 18.2. The van der Waals surface area contributed by atoms with E-state index in [0.29, 0.717) is 23.9 Å². The van der Waals surface area contributed by atoms with Crippen LogP contribution in [0.4, 0.5) is 10.5 Å². The van der Waals surface area contributed by atoms with Gasteiger partial charge in [0.15, 0.2) is 0 Å². The van der Waals surface area contributed by atoms with Gasteiger partial charge in [-0.05, 0) is 68.8 Å². The Morgan fingerprint density at radius 3 is 2.44 bits per heavy atom. The minimum absolute atomic E-state index is 0.117. The highest BCUT2D eigenvalue weighted by Gasteiger charge is 2.03. The molecule has 2 rings (SSSR count). The molecule has 25 heavy (non-hydrogen) atoms. The van der Waals surface area contributed by atoms with E-state index in [4.69, 9.17) is 21.1 Å². The molecule has 0 unspecified atom stereocenters. The van der Waals surface area contributed by atoms with E-state index in [1.165, 1.54) is 0 Å². The Balaban J connectivity index is 1.70. The Hall–Kier alpha value is -2.40. The van der Waals surface area contributed by atoms with Crippen LogP contribution in [0.1, 0.15) is 19.4 Å². The number of rotatable bonds is 7. The van der Waals surface area contributed by atoms with Gasteiger partial charge in [0.25, 0.3) is 0 Å². The molecule has 0 fully saturated rings. The molecule has 0 bridgehead atoms. The zero-order valence-electron chi connectivity index (χ0n) is 14.6. The van der Waals surface area contributed by atoms with Crippen LogP contribution in [-0.4, -0.2) is 25.3 Å². The number of anilines is 1. The molecule has 0 heterocycles. The molecule has 0 aromatic heterocycles. The lowest BCUT2D eigenvalue weighted by atomic mass is 10.2. The van der Waals surface area contributed by atoms with E-state index in [1.54, 1.807) is 24.3 Å². The van der Waals surface area contributed by atoms with Crippen LogP contribution in [0.25, 0.3) is 0 Å². The molecule has 2 amide bonds. The maximum absolute atomic E-state index is 11.9. The van der Waals surface area contributed by atoms with Gasteiger partial charge in [0.2, 0.25) is 0 Å². The van der Waals surface area contributed by atoms with Crippen molar-refractivity contribution in [3.8, 4) is 11.5 Å². The van der Waals surface area contributed by atoms with Crippen molar-refractivity contribution in [2.24, 2.45) is 0 Å². The highest BCUT2D eigenvalue weighted by atomic mass is 35.5. The summed E-state index contributed by atoms with van der Waals surface area (Å²) in [5, 5.41) is 6.20. The van der Waals surface area contributed by atoms with Gasteiger partial charge in [-0.2, -0.15) is 0 Å². The first-order valence-electron chi connectivity index (χ1n) is 8.14. The van der Waals surface area contributed by atoms with Gasteiger partial charge in [0, 0.05) is 10.7 Å². The Bertz CT molecular complexity index is 702. The highest BCUT2D eigenvalue weighted by molar-refractivity contribution is 6.31. The number of amides is 2. The predicted octanol–water partition coefficient (Wildman–Crippen LogP) is 4.64. The lowest BCUT2D eigenvalue weighted by molar-refractivity contribution is 0.242. The molecular formula is C19H23ClN2O3. The van der Waals surface area contributed by atoms with Crippen LogP contribution < -0.4 is 20.1 Å². The van der Waals surface area contributed by atoms with E-state index >= 15 is 0 Å². The maximum Gasteiger partial charge on any atom is 0.319 e. The van der Waals surface area contributed by atoms with Gasteiger partial charge < -0.3 is 20.1 Å². The van der Waals surface area contributed by atoms with Crippen LogP contribution in [0, 0.1) is 6.92 Å². The molecule has 0 saturated carbocycles. The standard InChI is InChI=1S/C19H23ClN2O3/c1-13(2)25-16-6-4-15(5-7-16)22-19(23)21-10-11-24-17-8-9-18(20)14(3)12-17/h4-9,12-13H,10-11H2,1-3H3,(H2,21,22,23). The number of ether oxygens (including phenoxy) is 2. The molecule has 2 N–H and O–H groups in total. The first-order valence-corrected chi connectivity index (χ1v) is 8.52. The number of carbonyl (C=O) groups excluding carboxylic acids is 1. The maximum atomic E-state index is 11.9. The lowest BCUT2D eigenvalue weighted by Crippen LogP contribution is -2.32. The summed E-state index contributed by atoms with van der Waals surface area (Å²) in [6.45, 7) is 6.61. The average molecular weight is 363 g/mol. The number of urea groups is 1. The van der Waals surface area contributed by atoms with Crippen LogP contribution in [0.2, 0.25) is 5.02 Å². The van der Waals surface area contributed by atoms with Crippen LogP contribution in [0.5, 0.6) is 11.5 Å². The Morgan fingerprint density at radius 2 is 1.80 bits per heavy atom. The largest absolute Gasteiger partial charge is 0.492 e. The van der Waals surface area contributed by atoms with Gasteiger partial charge in [-0.25, -0.2) is 4.79 Å². The average Bonchev–Trinajstić information content (AvgIpc) is 2.56. The van der Waals surface area contributed by atoms with Crippen molar-refractivity contribution in [2.45, 2.75) is 26.9 Å². The summed E-state index contributed by atoms with van der Waals surface area (Å²) in [7, 11) is 0. The second kappa shape index (κ2) is 9.18. The molecule has 0 aliphatic rings. The Kier molecular flexibility index (Phi) is 6.95. The van der Waals surface area contributed by atoms with Gasteiger partial charge in [-0.3, -0.25) is 0 Å². The minimum Gasteiger partial charge on any atom is -0.492 e. The molecule has 5 nitrogen and oxygen atoms in total. The quantitative estimate of drug-likeness (QED) is 0.705. The van der Waals surface area contributed by atoms with E-state index in [0.717, 1.165) is 17.1 Å². The molecular weight excluding hydrogens is 340 g/mol. The fraction of sp³-hybridized carbons (Fsp3) is 0.316. The molecule has 2 aromatic rings. The Morgan fingerprint density at radius 1 is 1.12 bits per heavy atom. The molecule has 0 aliphatic heterocycles. The van der Waals surface area contributed by atoms with E-state index in [9.17, 15) is 4.79 Å². The Labute approximate surface area is 153 Å². The van der Waals surface area contributed by atoms with Gasteiger partial charge >= 0.3 is 6.03 Å². The summed E-state index contributed by atoms with van der Waals surface area (Å²) in [5.74, 6) is 1.50. The molecule has 6 heteroatoms. The third-order valence-corrected chi connectivity index (χ3v) is 3.69. The normalized spacial score (nSPS) is 10.4. The summed E-state index contributed by atoms with van der Waals surface area (Å²) in [6.07, 6.45) is 0.117. The van der Waals surface area contributed by atoms with E-state index in [2.05, 4.69) is 10.6 Å². The number of hydrogen-bond acceptors (Lipinski definition) is 3. The fourth-order valence-corrected chi connectivity index (χ4v) is 2.22. The van der Waals surface area contributed by atoms with Crippen molar-refractivity contribution >= 4 is 23.3 Å². The van der Waals surface area contributed by atoms with Crippen molar-refractivity contribution in [3.05, 3.63) is 53.1 Å². The SMILES string of the molecule is Cc1cc(OCCNC(=O)Nc2ccc(OC(C)C)cc2)ccc1Cl. The van der Waals surface area contributed by atoms with E-state index in [-0.39, 0.29) is 12.1 Å². The van der Waals surface area contributed by atoms with Crippen LogP contribution in [0.15, 0.2) is 42.5 Å². The van der Waals surface area contributed by atoms with Crippen molar-refractivity contribution in [1.29, 1.82) is 0 Å².